The van der Waals surface area contributed by atoms with Crippen LogP contribution in [0.2, 0.25) is 0 Å². The number of benzene rings is 3. The maximum Gasteiger partial charge on any atom is 0.549 e. The molecule has 0 N–H and O–H groups in total. The Balaban J connectivity index is 1.64. The molecule has 0 unspecified atom stereocenters. The summed E-state index contributed by atoms with van der Waals surface area (Å²) < 4.78 is 15.6. The quantitative estimate of drug-likeness (QED) is 0.0483. The van der Waals surface area contributed by atoms with Crippen molar-refractivity contribution in [2.45, 2.75) is 61.3 Å². The Morgan fingerprint density at radius 2 is 0.721 bits per heavy atom. The third-order valence-corrected chi connectivity index (χ3v) is 12.4. The van der Waals surface area contributed by atoms with Gasteiger partial charge in [-0.3, -0.25) is 0 Å². The van der Waals surface area contributed by atoms with Crippen molar-refractivity contribution in [3.63, 3.8) is 0 Å². The van der Waals surface area contributed by atoms with E-state index in [1.165, 1.54) is 36.4 Å². The van der Waals surface area contributed by atoms with Gasteiger partial charge in [-0.25, -0.2) is 43.7 Å². The van der Waals surface area contributed by atoms with E-state index >= 15 is 0 Å². The van der Waals surface area contributed by atoms with E-state index in [1.54, 1.807) is 43.3 Å². The third-order valence-electron chi connectivity index (χ3n) is 8.51. The van der Waals surface area contributed by atoms with E-state index in [2.05, 4.69) is 29.3 Å². The molecule has 0 spiro atoms. The Labute approximate surface area is 361 Å². The molecule has 0 fully saturated rings. The summed E-state index contributed by atoms with van der Waals surface area (Å²) in [5.41, 5.74) is -1.20. The lowest BCUT2D eigenvalue weighted by molar-refractivity contribution is -0.217. The average molecular weight is 887 g/mol. The zero-order valence-corrected chi connectivity index (χ0v) is 37.8. The van der Waals surface area contributed by atoms with Gasteiger partial charge in [-0.15, -0.1) is 0 Å². The van der Waals surface area contributed by atoms with Gasteiger partial charge in [-0.2, -0.15) is 14.4 Å². The summed E-state index contributed by atoms with van der Waals surface area (Å²) in [7, 11) is 1.25. The number of rotatable bonds is 17. The molecule has 0 heterocycles. The normalized spacial score (nSPS) is 11.8. The monoisotopic (exact) mass is 886 g/mol. The molecule has 3 aromatic rings. The molecule has 3 aromatic carbocycles. The summed E-state index contributed by atoms with van der Waals surface area (Å²) in [6, 6.07) is 19.6. The number of allylic oxidation sites excluding steroid dienone is 6. The smallest absolute Gasteiger partial charge is 0.431 e. The van der Waals surface area contributed by atoms with Crippen molar-refractivity contribution in [1.29, 1.82) is 0 Å². The second kappa shape index (κ2) is 25.4. The van der Waals surface area contributed by atoms with E-state index < -0.39 is 61.6 Å². The standard InChI is InChI=1S/C43H46O15Si3/c1-8-24-43(25-50-40(47)56-53-37(44)31-12-18-34(19-13-31)59-28(5)9-2,26-51-41(48)57-54-38(45)32-14-20-35(21-15-32)60-29(6)10-3)27-52-42(49)58-55-39(46)33-16-22-36(23-17-33)61-30(7)11-4/h9-23H,8,24-27H2,1-7H3/b28-9+,29-10+,30-11+. The molecule has 0 aliphatic rings. The first kappa shape index (κ1) is 49.1. The minimum absolute atomic E-state index is 0.0688. The molecule has 61 heavy (non-hydrogen) atoms. The zero-order valence-electron chi connectivity index (χ0n) is 34.8. The molecule has 0 aliphatic heterocycles. The Hall–Kier alpha value is -6.25. The highest BCUT2D eigenvalue weighted by atomic mass is 28.2. The number of hydrogen-bond acceptors (Lipinski definition) is 15. The lowest BCUT2D eigenvalue weighted by Crippen LogP contribution is -2.40. The van der Waals surface area contributed by atoms with Crippen molar-refractivity contribution in [3.8, 4) is 0 Å². The maximum absolute atomic E-state index is 12.6. The first-order valence-corrected chi connectivity index (χ1v) is 21.9. The van der Waals surface area contributed by atoms with Gasteiger partial charge in [-0.05, 0) is 84.4 Å². The van der Waals surface area contributed by atoms with Gasteiger partial charge in [0.1, 0.15) is 48.4 Å². The molecule has 0 bridgehead atoms. The number of ether oxygens (including phenoxy) is 3. The fourth-order valence-corrected chi connectivity index (χ4v) is 7.71. The van der Waals surface area contributed by atoms with Crippen LogP contribution in [0.5, 0.6) is 0 Å². The van der Waals surface area contributed by atoms with E-state index in [0.717, 1.165) is 31.1 Å². The van der Waals surface area contributed by atoms with Gasteiger partial charge in [0.25, 0.3) is 0 Å². The Kier molecular flexibility index (Phi) is 20.4. The number of carbonyl (C=O) groups excluding carboxylic acids is 6. The molecule has 18 heteroatoms. The molecule has 6 radical (unpaired) electrons. The summed E-state index contributed by atoms with van der Waals surface area (Å²) in [5.74, 6) is -2.93. The second-order valence-electron chi connectivity index (χ2n) is 13.3. The highest BCUT2D eigenvalue weighted by Crippen LogP contribution is 2.27. The van der Waals surface area contributed by atoms with E-state index in [9.17, 15) is 28.8 Å². The van der Waals surface area contributed by atoms with Gasteiger partial charge in [0.15, 0.2) is 0 Å². The molecule has 0 saturated heterocycles. The van der Waals surface area contributed by atoms with Gasteiger partial charge in [0.2, 0.25) is 0 Å². The van der Waals surface area contributed by atoms with Gasteiger partial charge >= 0.3 is 36.4 Å². The molecule has 0 amide bonds. The van der Waals surface area contributed by atoms with Crippen LogP contribution in [-0.2, 0) is 43.5 Å². The zero-order chi connectivity index (χ0) is 44.8. The fraction of sp³-hybridized carbons (Fsp3) is 0.302. The van der Waals surface area contributed by atoms with Crippen LogP contribution in [-0.4, -0.2) is 84.8 Å². The van der Waals surface area contributed by atoms with E-state index in [-0.39, 0.29) is 23.1 Å². The molecule has 0 saturated carbocycles. The topological polar surface area (TPSA) is 185 Å². The maximum atomic E-state index is 12.6. The molecule has 0 aliphatic carbocycles. The van der Waals surface area contributed by atoms with Crippen LogP contribution in [0.3, 0.4) is 0 Å². The Morgan fingerprint density at radius 1 is 0.459 bits per heavy atom. The molecule has 15 nitrogen and oxygen atoms in total. The van der Waals surface area contributed by atoms with Crippen LogP contribution in [0.25, 0.3) is 0 Å². The lowest BCUT2D eigenvalue weighted by Gasteiger charge is -2.30. The molecule has 0 aromatic heterocycles. The summed E-state index contributed by atoms with van der Waals surface area (Å²) in [4.78, 5) is 103. The molecular weight excluding hydrogens is 841 g/mol. The Morgan fingerprint density at radius 3 is 0.951 bits per heavy atom. The van der Waals surface area contributed by atoms with Gasteiger partial charge in [0.05, 0.1) is 22.1 Å². The number of hydrogen-bond donors (Lipinski definition) is 0. The minimum atomic E-state index is -1.52. The van der Waals surface area contributed by atoms with Crippen molar-refractivity contribution < 1.29 is 72.3 Å². The lowest BCUT2D eigenvalue weighted by atomic mass is 9.86. The predicted molar refractivity (Wildman–Crippen MR) is 225 cm³/mol. The van der Waals surface area contributed by atoms with Crippen molar-refractivity contribution in [1.82, 2.24) is 0 Å². The molecule has 3 rings (SSSR count). The van der Waals surface area contributed by atoms with Crippen LogP contribution < -0.4 is 15.6 Å². The highest BCUT2D eigenvalue weighted by molar-refractivity contribution is 6.61. The highest BCUT2D eigenvalue weighted by Gasteiger charge is 2.37. The largest absolute Gasteiger partial charge is 0.549 e. The fourth-order valence-electron chi connectivity index (χ4n) is 4.91. The van der Waals surface area contributed by atoms with E-state index in [1.807, 2.05) is 59.8 Å². The molecule has 0 atom stereocenters. The van der Waals surface area contributed by atoms with E-state index in [0.29, 0.717) is 35.0 Å². The van der Waals surface area contributed by atoms with Crippen molar-refractivity contribution in [2.75, 3.05) is 19.8 Å². The third kappa shape index (κ3) is 17.5. The predicted octanol–water partition coefficient (Wildman–Crippen LogP) is 6.31. The van der Waals surface area contributed by atoms with Crippen LogP contribution in [0.1, 0.15) is 92.4 Å². The second-order valence-corrected chi connectivity index (χ2v) is 18.1. The van der Waals surface area contributed by atoms with Crippen molar-refractivity contribution in [3.05, 3.63) is 123 Å². The van der Waals surface area contributed by atoms with E-state index in [4.69, 9.17) is 14.2 Å². The summed E-state index contributed by atoms with van der Waals surface area (Å²) in [6.45, 7) is 11.6. The average Bonchev–Trinajstić information content (AvgIpc) is 3.27. The van der Waals surface area contributed by atoms with Crippen LogP contribution in [0.4, 0.5) is 14.4 Å². The number of carbonyl (C=O) groups is 6. The van der Waals surface area contributed by atoms with Crippen molar-refractivity contribution in [2.24, 2.45) is 5.41 Å². The Bertz CT molecular complexity index is 1830. The first-order chi connectivity index (χ1) is 29.2. The first-order valence-electron chi connectivity index (χ1n) is 18.9. The van der Waals surface area contributed by atoms with Crippen LogP contribution in [0, 0.1) is 5.41 Å². The minimum Gasteiger partial charge on any atom is -0.431 e. The van der Waals surface area contributed by atoms with Crippen LogP contribution in [0.15, 0.2) is 107 Å². The SMILES string of the molecule is C/C=C(\C)[Si]c1ccc(C(=O)OOC(=O)OCC(CCC)(COC(=O)OOC(=O)c2ccc([Si]/C(C)=C/C)cc2)COC(=O)OOC(=O)c2ccc([Si]/C(C)=C/C)cc2)cc1. The molecule has 320 valence electrons. The summed E-state index contributed by atoms with van der Waals surface area (Å²) in [6.07, 6.45) is 2.02. The van der Waals surface area contributed by atoms with Crippen LogP contribution >= 0.6 is 0 Å². The van der Waals surface area contributed by atoms with Crippen molar-refractivity contribution >= 4 is 80.5 Å². The van der Waals surface area contributed by atoms with Gasteiger partial charge in [0, 0.05) is 0 Å². The van der Waals surface area contributed by atoms with Gasteiger partial charge < -0.3 is 14.2 Å². The summed E-state index contributed by atoms with van der Waals surface area (Å²) >= 11 is 0. The molecular formula is C43H46O15Si3. The van der Waals surface area contributed by atoms with Gasteiger partial charge in [-0.1, -0.05) is 99.1 Å². The summed E-state index contributed by atoms with van der Waals surface area (Å²) in [5, 5.41) is 6.44.